The molecule has 2 aliphatic heterocycles. The maximum atomic E-state index is 12.8. The van der Waals surface area contributed by atoms with Crippen LogP contribution in [0.2, 0.25) is 0 Å². The van der Waals surface area contributed by atoms with Gasteiger partial charge in [0.25, 0.3) is 0 Å². The third kappa shape index (κ3) is 3.43. The minimum Gasteiger partial charge on any atom is -0.391 e. The summed E-state index contributed by atoms with van der Waals surface area (Å²) in [5.41, 5.74) is 0. The SMILES string of the molecule is CC[C@@H]1CN(C(=O)[C@H]2CCCN2C(=O)Cc2cccs2)C[C@H]1O. The highest BCUT2D eigenvalue weighted by Gasteiger charge is 2.40. The van der Waals surface area contributed by atoms with Crippen molar-refractivity contribution < 1.29 is 14.7 Å². The number of nitrogens with zero attached hydrogens (tertiary/aromatic N) is 2. The third-order valence-corrected chi connectivity index (χ3v) is 5.88. The van der Waals surface area contributed by atoms with Gasteiger partial charge in [-0.15, -0.1) is 11.3 Å². The van der Waals surface area contributed by atoms with Crippen molar-refractivity contribution in [3.8, 4) is 0 Å². The average Bonchev–Trinajstić information content (AvgIpc) is 3.26. The molecule has 0 radical (unpaired) electrons. The number of carbonyl (C=O) groups excluding carboxylic acids is 2. The minimum atomic E-state index is -0.430. The Kier molecular flexibility index (Phi) is 5.02. The molecule has 0 saturated carbocycles. The Balaban J connectivity index is 1.64. The van der Waals surface area contributed by atoms with Gasteiger partial charge in [0.05, 0.1) is 12.5 Å². The van der Waals surface area contributed by atoms with Crippen LogP contribution in [0.15, 0.2) is 17.5 Å². The number of aliphatic hydroxyl groups is 1. The standard InChI is InChI=1S/C17H24N2O3S/c1-2-12-10-18(11-15(12)20)17(22)14-6-3-7-19(14)16(21)9-13-5-4-8-23-13/h4-5,8,12,14-15,20H,2-3,6-7,9-11H2,1H3/t12-,14-,15-/m1/s1. The van der Waals surface area contributed by atoms with Gasteiger partial charge in [0.2, 0.25) is 11.8 Å². The van der Waals surface area contributed by atoms with Gasteiger partial charge >= 0.3 is 0 Å². The first-order valence-electron chi connectivity index (χ1n) is 8.38. The van der Waals surface area contributed by atoms with Crippen LogP contribution in [0.3, 0.4) is 0 Å². The summed E-state index contributed by atoms with van der Waals surface area (Å²) in [5, 5.41) is 12.0. The smallest absolute Gasteiger partial charge is 0.245 e. The third-order valence-electron chi connectivity index (χ3n) is 5.01. The van der Waals surface area contributed by atoms with Crippen LogP contribution in [0.25, 0.3) is 0 Å². The van der Waals surface area contributed by atoms with Gasteiger partial charge in [-0.1, -0.05) is 13.0 Å². The van der Waals surface area contributed by atoms with Crippen LogP contribution in [0.5, 0.6) is 0 Å². The number of rotatable bonds is 4. The van der Waals surface area contributed by atoms with Crippen LogP contribution in [0.1, 0.15) is 31.1 Å². The number of likely N-dealkylation sites (tertiary alicyclic amines) is 2. The van der Waals surface area contributed by atoms with E-state index < -0.39 is 6.10 Å². The fourth-order valence-corrected chi connectivity index (χ4v) is 4.33. The number of hydrogen-bond acceptors (Lipinski definition) is 4. The normalized spacial score (nSPS) is 27.7. The molecule has 3 heterocycles. The first-order chi connectivity index (χ1) is 11.1. The lowest BCUT2D eigenvalue weighted by molar-refractivity contribution is -0.143. The number of aliphatic hydroxyl groups excluding tert-OH is 1. The van der Waals surface area contributed by atoms with E-state index in [4.69, 9.17) is 0 Å². The zero-order chi connectivity index (χ0) is 16.4. The Labute approximate surface area is 140 Å². The number of β-amino-alcohol motifs (C(OH)–C–C–N with tert-alkyl or cyclic N) is 1. The minimum absolute atomic E-state index is 0.0111. The van der Waals surface area contributed by atoms with E-state index in [1.54, 1.807) is 21.1 Å². The lowest BCUT2D eigenvalue weighted by Gasteiger charge is -2.28. The molecular formula is C17H24N2O3S. The maximum absolute atomic E-state index is 12.8. The molecule has 1 aromatic rings. The molecule has 5 nitrogen and oxygen atoms in total. The summed E-state index contributed by atoms with van der Waals surface area (Å²) in [5.74, 6) is 0.211. The molecule has 6 heteroatoms. The Morgan fingerprint density at radius 3 is 2.87 bits per heavy atom. The van der Waals surface area contributed by atoms with Crippen LogP contribution in [0.4, 0.5) is 0 Å². The van der Waals surface area contributed by atoms with E-state index in [1.807, 2.05) is 24.4 Å². The van der Waals surface area contributed by atoms with E-state index in [1.165, 1.54) is 0 Å². The summed E-state index contributed by atoms with van der Waals surface area (Å²) < 4.78 is 0. The summed E-state index contributed by atoms with van der Waals surface area (Å²) in [6.45, 7) is 3.71. The van der Waals surface area contributed by atoms with Gasteiger partial charge in [-0.3, -0.25) is 9.59 Å². The monoisotopic (exact) mass is 336 g/mol. The molecule has 2 aliphatic rings. The summed E-state index contributed by atoms with van der Waals surface area (Å²) in [6, 6.07) is 3.56. The predicted octanol–water partition coefficient (Wildman–Crippen LogP) is 1.51. The topological polar surface area (TPSA) is 60.9 Å². The lowest BCUT2D eigenvalue weighted by Crippen LogP contribution is -2.47. The van der Waals surface area contributed by atoms with Crippen molar-refractivity contribution in [3.05, 3.63) is 22.4 Å². The van der Waals surface area contributed by atoms with Crippen LogP contribution in [0, 0.1) is 5.92 Å². The van der Waals surface area contributed by atoms with Crippen molar-refractivity contribution >= 4 is 23.2 Å². The molecule has 126 valence electrons. The Morgan fingerprint density at radius 2 is 2.22 bits per heavy atom. The lowest BCUT2D eigenvalue weighted by atomic mass is 10.0. The zero-order valence-electron chi connectivity index (χ0n) is 13.5. The number of thiophene rings is 1. The van der Waals surface area contributed by atoms with Crippen LogP contribution in [-0.2, 0) is 16.0 Å². The van der Waals surface area contributed by atoms with Gasteiger partial charge in [0.15, 0.2) is 0 Å². The average molecular weight is 336 g/mol. The Bertz CT molecular complexity index is 560. The van der Waals surface area contributed by atoms with Crippen molar-refractivity contribution in [2.75, 3.05) is 19.6 Å². The Morgan fingerprint density at radius 1 is 1.39 bits per heavy atom. The molecule has 2 fully saturated rings. The molecule has 3 rings (SSSR count). The molecular weight excluding hydrogens is 312 g/mol. The van der Waals surface area contributed by atoms with Crippen molar-refractivity contribution in [3.63, 3.8) is 0 Å². The first-order valence-corrected chi connectivity index (χ1v) is 9.26. The Hall–Kier alpha value is -1.40. The van der Waals surface area contributed by atoms with Crippen LogP contribution < -0.4 is 0 Å². The van der Waals surface area contributed by atoms with E-state index in [2.05, 4.69) is 0 Å². The van der Waals surface area contributed by atoms with E-state index in [0.29, 0.717) is 26.1 Å². The summed E-state index contributed by atoms with van der Waals surface area (Å²) >= 11 is 1.57. The highest BCUT2D eigenvalue weighted by Crippen LogP contribution is 2.26. The van der Waals surface area contributed by atoms with Gasteiger partial charge in [-0.25, -0.2) is 0 Å². The molecule has 0 aromatic carbocycles. The summed E-state index contributed by atoms with van der Waals surface area (Å²) in [4.78, 5) is 29.9. The molecule has 2 amide bonds. The van der Waals surface area contributed by atoms with Crippen LogP contribution in [-0.4, -0.2) is 58.5 Å². The highest BCUT2D eigenvalue weighted by molar-refractivity contribution is 7.10. The molecule has 23 heavy (non-hydrogen) atoms. The molecule has 1 N–H and O–H groups in total. The fourth-order valence-electron chi connectivity index (χ4n) is 3.63. The van der Waals surface area contributed by atoms with Crippen molar-refractivity contribution in [1.82, 2.24) is 9.80 Å². The van der Waals surface area contributed by atoms with Gasteiger partial charge < -0.3 is 14.9 Å². The second-order valence-corrected chi connectivity index (χ2v) is 7.51. The van der Waals surface area contributed by atoms with Crippen molar-refractivity contribution in [1.29, 1.82) is 0 Å². The van der Waals surface area contributed by atoms with E-state index in [9.17, 15) is 14.7 Å². The quantitative estimate of drug-likeness (QED) is 0.907. The van der Waals surface area contributed by atoms with Gasteiger partial charge in [0.1, 0.15) is 6.04 Å². The van der Waals surface area contributed by atoms with Crippen molar-refractivity contribution in [2.24, 2.45) is 5.92 Å². The van der Waals surface area contributed by atoms with Gasteiger partial charge in [0, 0.05) is 30.4 Å². The van der Waals surface area contributed by atoms with E-state index in [0.717, 1.165) is 24.1 Å². The van der Waals surface area contributed by atoms with E-state index >= 15 is 0 Å². The largest absolute Gasteiger partial charge is 0.391 e. The van der Waals surface area contributed by atoms with Crippen LogP contribution >= 0.6 is 11.3 Å². The number of carbonyl (C=O) groups is 2. The van der Waals surface area contributed by atoms with Gasteiger partial charge in [-0.2, -0.15) is 0 Å². The zero-order valence-corrected chi connectivity index (χ0v) is 14.3. The number of hydrogen-bond donors (Lipinski definition) is 1. The second-order valence-electron chi connectivity index (χ2n) is 6.48. The highest BCUT2D eigenvalue weighted by atomic mass is 32.1. The van der Waals surface area contributed by atoms with Gasteiger partial charge in [-0.05, 0) is 30.7 Å². The molecule has 0 bridgehead atoms. The molecule has 0 aliphatic carbocycles. The fraction of sp³-hybridized carbons (Fsp3) is 0.647. The first kappa shape index (κ1) is 16.5. The predicted molar refractivity (Wildman–Crippen MR) is 89.1 cm³/mol. The molecule has 2 saturated heterocycles. The molecule has 3 atom stereocenters. The second kappa shape index (κ2) is 7.01. The summed E-state index contributed by atoms with van der Waals surface area (Å²) in [6.07, 6.45) is 2.43. The summed E-state index contributed by atoms with van der Waals surface area (Å²) in [7, 11) is 0. The number of amides is 2. The van der Waals surface area contributed by atoms with Crippen molar-refractivity contribution in [2.45, 2.75) is 44.8 Å². The molecule has 0 spiro atoms. The van der Waals surface area contributed by atoms with E-state index in [-0.39, 0.29) is 23.8 Å². The molecule has 1 aromatic heterocycles. The maximum Gasteiger partial charge on any atom is 0.245 e. The molecule has 0 unspecified atom stereocenters.